The quantitative estimate of drug-likeness (QED) is 0.874. The highest BCUT2D eigenvalue weighted by Crippen LogP contribution is 2.23. The highest BCUT2D eigenvalue weighted by Gasteiger charge is 2.13. The molecule has 0 fully saturated rings. The summed E-state index contributed by atoms with van der Waals surface area (Å²) in [4.78, 5) is 22.3. The molecule has 0 atom stereocenters. The van der Waals surface area contributed by atoms with Gasteiger partial charge in [0, 0.05) is 14.1 Å². The van der Waals surface area contributed by atoms with E-state index in [0.29, 0.717) is 11.4 Å². The molecule has 1 amide bonds. The third-order valence-electron chi connectivity index (χ3n) is 2.14. The average molecular weight is 248 g/mol. The monoisotopic (exact) mass is 248 g/mol. The zero-order valence-corrected chi connectivity index (χ0v) is 10.4. The van der Waals surface area contributed by atoms with E-state index in [0.717, 1.165) is 4.88 Å². The van der Waals surface area contributed by atoms with Gasteiger partial charge in [-0.3, -0.25) is 4.79 Å². The Labute approximate surface area is 103 Å². The van der Waals surface area contributed by atoms with Crippen LogP contribution in [0.5, 0.6) is 0 Å². The van der Waals surface area contributed by atoms with E-state index in [4.69, 9.17) is 5.73 Å². The fraction of sp³-hybridized carbons (Fsp3) is 0.182. The lowest BCUT2D eigenvalue weighted by Crippen LogP contribution is -2.23. The molecule has 2 N–H and O–H groups in total. The number of nitrogens with zero attached hydrogens (tertiary/aromatic N) is 3. The number of anilines is 1. The van der Waals surface area contributed by atoms with Crippen LogP contribution in [0, 0.1) is 0 Å². The van der Waals surface area contributed by atoms with Gasteiger partial charge in [-0.05, 0) is 17.5 Å². The summed E-state index contributed by atoms with van der Waals surface area (Å²) in [7, 11) is 3.34. The Bertz CT molecular complexity index is 536. The summed E-state index contributed by atoms with van der Waals surface area (Å²) in [6.07, 6.45) is 0. The van der Waals surface area contributed by atoms with Crippen molar-refractivity contribution in [3.63, 3.8) is 0 Å². The number of amides is 1. The van der Waals surface area contributed by atoms with Gasteiger partial charge < -0.3 is 10.6 Å². The van der Waals surface area contributed by atoms with Crippen molar-refractivity contribution in [3.05, 3.63) is 29.3 Å². The predicted molar refractivity (Wildman–Crippen MR) is 67.8 cm³/mol. The van der Waals surface area contributed by atoms with E-state index in [9.17, 15) is 4.79 Å². The van der Waals surface area contributed by atoms with E-state index in [1.54, 1.807) is 31.5 Å². The number of nitrogens with two attached hydrogens (primary N) is 1. The molecule has 0 aliphatic heterocycles. The van der Waals surface area contributed by atoms with E-state index in [-0.39, 0.29) is 11.9 Å². The van der Waals surface area contributed by atoms with Gasteiger partial charge in [0.15, 0.2) is 0 Å². The lowest BCUT2D eigenvalue weighted by molar-refractivity contribution is 0.0822. The maximum absolute atomic E-state index is 11.8. The SMILES string of the molecule is CN(C)C(=O)c1cc(-c2cccs2)nc(N)n1. The number of carbonyl (C=O) groups is 1. The minimum Gasteiger partial charge on any atom is -0.368 e. The zero-order valence-electron chi connectivity index (χ0n) is 9.54. The van der Waals surface area contributed by atoms with Gasteiger partial charge in [-0.25, -0.2) is 9.97 Å². The zero-order chi connectivity index (χ0) is 12.4. The highest BCUT2D eigenvalue weighted by atomic mass is 32.1. The first kappa shape index (κ1) is 11.5. The summed E-state index contributed by atoms with van der Waals surface area (Å²) in [5.74, 6) is -0.0713. The summed E-state index contributed by atoms with van der Waals surface area (Å²) in [5.41, 5.74) is 6.60. The van der Waals surface area contributed by atoms with E-state index in [1.807, 2.05) is 17.5 Å². The third-order valence-corrected chi connectivity index (χ3v) is 3.03. The Hall–Kier alpha value is -1.95. The largest absolute Gasteiger partial charge is 0.368 e. The Morgan fingerprint density at radius 2 is 2.18 bits per heavy atom. The molecule has 0 aliphatic carbocycles. The van der Waals surface area contributed by atoms with Gasteiger partial charge in [-0.1, -0.05) is 6.07 Å². The molecule has 0 radical (unpaired) electrons. The van der Waals surface area contributed by atoms with Crippen LogP contribution in [-0.4, -0.2) is 34.9 Å². The molecule has 6 heteroatoms. The molecule has 0 aliphatic rings. The number of aromatic nitrogens is 2. The highest BCUT2D eigenvalue weighted by molar-refractivity contribution is 7.13. The minimum absolute atomic E-state index is 0.112. The fourth-order valence-corrected chi connectivity index (χ4v) is 2.04. The van der Waals surface area contributed by atoms with Gasteiger partial charge in [0.05, 0.1) is 10.6 Å². The lowest BCUT2D eigenvalue weighted by atomic mass is 10.2. The number of carbonyl (C=O) groups excluding carboxylic acids is 1. The summed E-state index contributed by atoms with van der Waals surface area (Å²) < 4.78 is 0. The van der Waals surface area contributed by atoms with Gasteiger partial charge in [0.1, 0.15) is 5.69 Å². The maximum atomic E-state index is 11.8. The van der Waals surface area contributed by atoms with Crippen molar-refractivity contribution in [1.29, 1.82) is 0 Å². The van der Waals surface area contributed by atoms with E-state index < -0.39 is 0 Å². The van der Waals surface area contributed by atoms with Crippen LogP contribution in [0.25, 0.3) is 10.6 Å². The Kier molecular flexibility index (Phi) is 3.06. The Balaban J connectivity index is 2.47. The van der Waals surface area contributed by atoms with Crippen molar-refractivity contribution in [1.82, 2.24) is 14.9 Å². The molecule has 2 heterocycles. The van der Waals surface area contributed by atoms with E-state index in [2.05, 4.69) is 9.97 Å². The molecule has 0 bridgehead atoms. The van der Waals surface area contributed by atoms with Crippen LogP contribution in [0.15, 0.2) is 23.6 Å². The van der Waals surface area contributed by atoms with E-state index >= 15 is 0 Å². The van der Waals surface area contributed by atoms with Crippen LogP contribution < -0.4 is 5.73 Å². The number of rotatable bonds is 2. The van der Waals surface area contributed by atoms with Crippen molar-refractivity contribution in [2.45, 2.75) is 0 Å². The molecular weight excluding hydrogens is 236 g/mol. The van der Waals surface area contributed by atoms with Crippen LogP contribution in [-0.2, 0) is 0 Å². The summed E-state index contributed by atoms with van der Waals surface area (Å²) >= 11 is 1.54. The molecule has 17 heavy (non-hydrogen) atoms. The lowest BCUT2D eigenvalue weighted by Gasteiger charge is -2.10. The number of hydrogen-bond donors (Lipinski definition) is 1. The van der Waals surface area contributed by atoms with Crippen molar-refractivity contribution in [3.8, 4) is 10.6 Å². The molecule has 5 nitrogen and oxygen atoms in total. The molecule has 0 saturated carbocycles. The molecule has 0 saturated heterocycles. The molecule has 0 unspecified atom stereocenters. The normalized spacial score (nSPS) is 10.2. The van der Waals surface area contributed by atoms with Gasteiger partial charge in [0.25, 0.3) is 5.91 Å². The summed E-state index contributed by atoms with van der Waals surface area (Å²) in [6, 6.07) is 5.51. The Morgan fingerprint density at radius 1 is 1.41 bits per heavy atom. The van der Waals surface area contributed by atoms with Gasteiger partial charge in [-0.2, -0.15) is 0 Å². The third kappa shape index (κ3) is 2.42. The van der Waals surface area contributed by atoms with Crippen LogP contribution in [0.3, 0.4) is 0 Å². The van der Waals surface area contributed by atoms with Crippen LogP contribution in [0.2, 0.25) is 0 Å². The molecular formula is C11H12N4OS. The fourth-order valence-electron chi connectivity index (χ4n) is 1.36. The average Bonchev–Trinajstić information content (AvgIpc) is 2.80. The molecule has 88 valence electrons. The first-order valence-electron chi connectivity index (χ1n) is 4.98. The number of thiophene rings is 1. The number of nitrogen functional groups attached to an aromatic ring is 1. The second kappa shape index (κ2) is 4.50. The second-order valence-electron chi connectivity index (χ2n) is 3.67. The molecule has 2 aromatic heterocycles. The standard InChI is InChI=1S/C11H12N4OS/c1-15(2)10(16)8-6-7(13-11(12)14-8)9-4-3-5-17-9/h3-6H,1-2H3,(H2,12,13,14). The molecule has 2 rings (SSSR count). The molecule has 2 aromatic rings. The summed E-state index contributed by atoms with van der Waals surface area (Å²) in [5, 5.41) is 1.95. The minimum atomic E-state index is -0.183. The first-order valence-corrected chi connectivity index (χ1v) is 5.86. The van der Waals surface area contributed by atoms with Crippen LogP contribution >= 0.6 is 11.3 Å². The number of hydrogen-bond acceptors (Lipinski definition) is 5. The first-order chi connectivity index (χ1) is 8.08. The predicted octanol–water partition coefficient (Wildman–Crippen LogP) is 1.49. The molecule has 0 spiro atoms. The van der Waals surface area contributed by atoms with Crippen molar-refractivity contribution in [2.24, 2.45) is 0 Å². The van der Waals surface area contributed by atoms with Crippen molar-refractivity contribution < 1.29 is 4.79 Å². The molecule has 0 aromatic carbocycles. The second-order valence-corrected chi connectivity index (χ2v) is 4.62. The Morgan fingerprint density at radius 3 is 2.76 bits per heavy atom. The van der Waals surface area contributed by atoms with E-state index in [1.165, 1.54) is 4.90 Å². The van der Waals surface area contributed by atoms with Gasteiger partial charge >= 0.3 is 0 Å². The van der Waals surface area contributed by atoms with Crippen molar-refractivity contribution >= 4 is 23.2 Å². The van der Waals surface area contributed by atoms with Crippen LogP contribution in [0.1, 0.15) is 10.5 Å². The topological polar surface area (TPSA) is 72.1 Å². The summed E-state index contributed by atoms with van der Waals surface area (Å²) in [6.45, 7) is 0. The van der Waals surface area contributed by atoms with Gasteiger partial charge in [0.2, 0.25) is 5.95 Å². The van der Waals surface area contributed by atoms with Gasteiger partial charge in [-0.15, -0.1) is 11.3 Å². The van der Waals surface area contributed by atoms with Crippen molar-refractivity contribution in [2.75, 3.05) is 19.8 Å². The van der Waals surface area contributed by atoms with Crippen LogP contribution in [0.4, 0.5) is 5.95 Å². The maximum Gasteiger partial charge on any atom is 0.272 e. The smallest absolute Gasteiger partial charge is 0.272 e.